The third-order valence-electron chi connectivity index (χ3n) is 3.63. The number of methoxy groups -OCH3 is 1. The fourth-order valence-corrected chi connectivity index (χ4v) is 3.21. The Balaban J connectivity index is 1.84. The van der Waals surface area contributed by atoms with Crippen LogP contribution in [0.4, 0.5) is 0 Å². The number of guanidine groups is 1. The number of likely N-dealkylation sites (tertiary alicyclic amines) is 1. The van der Waals surface area contributed by atoms with Gasteiger partial charge in [0.2, 0.25) is 0 Å². The molecule has 0 bridgehead atoms. The van der Waals surface area contributed by atoms with E-state index in [0.717, 1.165) is 43.4 Å². The number of aliphatic imine (C=N–C) groups is 1. The number of hydrogen-bond acceptors (Lipinski definition) is 5. The maximum atomic E-state index is 11.5. The molecule has 21 heavy (non-hydrogen) atoms. The normalized spacial score (nSPS) is 16.9. The van der Waals surface area contributed by atoms with Gasteiger partial charge in [0, 0.05) is 31.2 Å². The Hall–Kier alpha value is -1.63. The number of aryl methyl sites for hydroxylation is 1. The molecule has 0 radical (unpaired) electrons. The lowest BCUT2D eigenvalue weighted by atomic mass is 9.97. The minimum Gasteiger partial charge on any atom is -0.469 e. The molecule has 1 fully saturated rings. The van der Waals surface area contributed by atoms with Crippen LogP contribution in [0.25, 0.3) is 0 Å². The lowest BCUT2D eigenvalue weighted by Gasteiger charge is -2.33. The quantitative estimate of drug-likeness (QED) is 0.519. The highest BCUT2D eigenvalue weighted by Gasteiger charge is 2.26. The summed E-state index contributed by atoms with van der Waals surface area (Å²) in [7, 11) is 3.24. The average Bonchev–Trinajstić information content (AvgIpc) is 2.93. The van der Waals surface area contributed by atoms with E-state index in [1.165, 1.54) is 12.0 Å². The van der Waals surface area contributed by atoms with Gasteiger partial charge in [0.25, 0.3) is 0 Å². The van der Waals surface area contributed by atoms with Crippen LogP contribution in [0.5, 0.6) is 0 Å². The van der Waals surface area contributed by atoms with Crippen molar-refractivity contribution in [2.45, 2.75) is 26.3 Å². The van der Waals surface area contributed by atoms with Crippen LogP contribution in [-0.2, 0) is 16.1 Å². The number of carbonyl (C=O) groups excluding carboxylic acids is 1. The molecule has 1 saturated heterocycles. The van der Waals surface area contributed by atoms with Crippen molar-refractivity contribution in [1.82, 2.24) is 15.2 Å². The summed E-state index contributed by atoms with van der Waals surface area (Å²) in [6.07, 6.45) is 3.52. The van der Waals surface area contributed by atoms with Crippen LogP contribution < -0.4 is 5.32 Å². The first-order chi connectivity index (χ1) is 10.1. The Morgan fingerprint density at radius 3 is 2.81 bits per heavy atom. The van der Waals surface area contributed by atoms with Gasteiger partial charge in [0.1, 0.15) is 0 Å². The highest BCUT2D eigenvalue weighted by molar-refractivity contribution is 7.11. The summed E-state index contributed by atoms with van der Waals surface area (Å²) in [5.41, 5.74) is 0. The molecule has 2 rings (SSSR count). The highest BCUT2D eigenvalue weighted by Crippen LogP contribution is 2.18. The second kappa shape index (κ2) is 7.40. The zero-order valence-corrected chi connectivity index (χ0v) is 13.6. The lowest BCUT2D eigenvalue weighted by molar-refractivity contribution is -0.146. The molecule has 2 heterocycles. The Morgan fingerprint density at radius 2 is 2.29 bits per heavy atom. The van der Waals surface area contributed by atoms with Crippen molar-refractivity contribution in [3.63, 3.8) is 0 Å². The van der Waals surface area contributed by atoms with Crippen LogP contribution in [0, 0.1) is 12.8 Å². The van der Waals surface area contributed by atoms with Crippen molar-refractivity contribution in [1.29, 1.82) is 0 Å². The number of carbonyl (C=O) groups is 1. The maximum Gasteiger partial charge on any atom is 0.308 e. The number of hydrogen-bond donors (Lipinski definition) is 1. The van der Waals surface area contributed by atoms with E-state index in [1.807, 2.05) is 13.1 Å². The smallest absolute Gasteiger partial charge is 0.308 e. The Labute approximate surface area is 129 Å². The Bertz CT molecular complexity index is 507. The number of ether oxygens (including phenoxy) is 1. The number of aromatic nitrogens is 1. The molecule has 0 saturated carbocycles. The molecule has 116 valence electrons. The summed E-state index contributed by atoms with van der Waals surface area (Å²) < 4.78 is 4.81. The van der Waals surface area contributed by atoms with Gasteiger partial charge >= 0.3 is 5.97 Å². The Morgan fingerprint density at radius 1 is 1.57 bits per heavy atom. The van der Waals surface area contributed by atoms with Crippen LogP contribution in [0.15, 0.2) is 11.2 Å². The second-order valence-corrected chi connectivity index (χ2v) is 6.35. The van der Waals surface area contributed by atoms with Crippen LogP contribution in [0.3, 0.4) is 0 Å². The molecule has 0 unspecified atom stereocenters. The van der Waals surface area contributed by atoms with Crippen LogP contribution in [0.1, 0.15) is 22.7 Å². The van der Waals surface area contributed by atoms with Crippen molar-refractivity contribution in [3.8, 4) is 0 Å². The van der Waals surface area contributed by atoms with E-state index < -0.39 is 0 Å². The standard InChI is InChI=1S/C14H22N4O2S/c1-10-16-8-12(21-10)9-17-14(15-2)18-6-4-11(5-7-18)13(19)20-3/h8,11H,4-7,9H2,1-3H3,(H,15,17). The number of nitrogens with one attached hydrogen (secondary N) is 1. The van der Waals surface area contributed by atoms with E-state index in [4.69, 9.17) is 4.74 Å². The topological polar surface area (TPSA) is 66.8 Å². The first-order valence-electron chi connectivity index (χ1n) is 7.08. The van der Waals surface area contributed by atoms with E-state index >= 15 is 0 Å². The monoisotopic (exact) mass is 310 g/mol. The summed E-state index contributed by atoms with van der Waals surface area (Å²) >= 11 is 1.69. The fraction of sp³-hybridized carbons (Fsp3) is 0.643. The third-order valence-corrected chi connectivity index (χ3v) is 4.54. The Kier molecular flexibility index (Phi) is 5.55. The third kappa shape index (κ3) is 4.17. The predicted molar refractivity (Wildman–Crippen MR) is 83.4 cm³/mol. The van der Waals surface area contributed by atoms with Gasteiger partial charge in [-0.25, -0.2) is 4.98 Å². The first-order valence-corrected chi connectivity index (χ1v) is 7.90. The number of esters is 1. The summed E-state index contributed by atoms with van der Waals surface area (Å²) in [5, 5.41) is 4.43. The first kappa shape index (κ1) is 15.8. The highest BCUT2D eigenvalue weighted by atomic mass is 32.1. The van der Waals surface area contributed by atoms with Gasteiger partial charge in [-0.15, -0.1) is 11.3 Å². The van der Waals surface area contributed by atoms with Crippen molar-refractivity contribution in [2.75, 3.05) is 27.2 Å². The van der Waals surface area contributed by atoms with Gasteiger partial charge in [-0.3, -0.25) is 9.79 Å². The summed E-state index contributed by atoms with van der Waals surface area (Å²) in [6, 6.07) is 0. The van der Waals surface area contributed by atoms with Gasteiger partial charge in [0.05, 0.1) is 24.6 Å². The molecular weight excluding hydrogens is 288 g/mol. The number of thiazole rings is 1. The minimum absolute atomic E-state index is 0.0218. The molecule has 6 nitrogen and oxygen atoms in total. The van der Waals surface area contributed by atoms with Crippen molar-refractivity contribution >= 4 is 23.3 Å². The summed E-state index contributed by atoms with van der Waals surface area (Å²) in [5.74, 6) is 0.801. The van der Waals surface area contributed by atoms with Crippen LogP contribution >= 0.6 is 11.3 Å². The van der Waals surface area contributed by atoms with Crippen molar-refractivity contribution in [3.05, 3.63) is 16.1 Å². The van der Waals surface area contributed by atoms with Crippen molar-refractivity contribution in [2.24, 2.45) is 10.9 Å². The zero-order chi connectivity index (χ0) is 15.2. The predicted octanol–water partition coefficient (Wildman–Crippen LogP) is 1.41. The SMILES string of the molecule is CN=C(NCc1cnc(C)s1)N1CCC(C(=O)OC)CC1. The van der Waals surface area contributed by atoms with E-state index in [2.05, 4.69) is 20.2 Å². The molecule has 0 atom stereocenters. The largest absolute Gasteiger partial charge is 0.469 e. The lowest BCUT2D eigenvalue weighted by Crippen LogP contribution is -2.46. The molecule has 1 N–H and O–H groups in total. The van der Waals surface area contributed by atoms with Crippen LogP contribution in [-0.4, -0.2) is 49.1 Å². The molecule has 0 amide bonds. The number of nitrogens with zero attached hydrogens (tertiary/aromatic N) is 3. The van der Waals surface area contributed by atoms with Gasteiger partial charge in [-0.05, 0) is 19.8 Å². The molecule has 7 heteroatoms. The molecule has 0 spiro atoms. The van der Waals surface area contributed by atoms with Gasteiger partial charge in [-0.2, -0.15) is 0 Å². The summed E-state index contributed by atoms with van der Waals surface area (Å²) in [6.45, 7) is 4.37. The van der Waals surface area contributed by atoms with Gasteiger partial charge < -0.3 is 15.0 Å². The van der Waals surface area contributed by atoms with Crippen molar-refractivity contribution < 1.29 is 9.53 Å². The average molecular weight is 310 g/mol. The summed E-state index contributed by atoms with van der Waals surface area (Å²) in [4.78, 5) is 23.5. The zero-order valence-electron chi connectivity index (χ0n) is 12.8. The van der Waals surface area contributed by atoms with E-state index in [0.29, 0.717) is 0 Å². The fourth-order valence-electron chi connectivity index (χ4n) is 2.48. The number of piperidine rings is 1. The molecular formula is C14H22N4O2S. The van der Waals surface area contributed by atoms with Crippen LogP contribution in [0.2, 0.25) is 0 Å². The molecule has 1 aliphatic rings. The van der Waals surface area contributed by atoms with E-state index in [1.54, 1.807) is 18.4 Å². The van der Waals surface area contributed by atoms with Gasteiger partial charge in [0.15, 0.2) is 5.96 Å². The molecule has 0 aliphatic carbocycles. The molecule has 0 aromatic carbocycles. The molecule has 1 aromatic heterocycles. The maximum absolute atomic E-state index is 11.5. The van der Waals surface area contributed by atoms with E-state index in [-0.39, 0.29) is 11.9 Å². The second-order valence-electron chi connectivity index (χ2n) is 5.03. The van der Waals surface area contributed by atoms with E-state index in [9.17, 15) is 4.79 Å². The minimum atomic E-state index is -0.0993. The molecule has 1 aromatic rings. The number of rotatable bonds is 3. The van der Waals surface area contributed by atoms with Gasteiger partial charge in [-0.1, -0.05) is 0 Å². The molecule has 1 aliphatic heterocycles.